The zero-order valence-corrected chi connectivity index (χ0v) is 10.9. The van der Waals surface area contributed by atoms with E-state index < -0.39 is 0 Å². The summed E-state index contributed by atoms with van der Waals surface area (Å²) < 4.78 is 10.9. The van der Waals surface area contributed by atoms with Gasteiger partial charge in [-0.2, -0.15) is 0 Å². The Morgan fingerprint density at radius 3 is 2.44 bits per heavy atom. The topological polar surface area (TPSA) is 38.7 Å². The van der Waals surface area contributed by atoms with Crippen molar-refractivity contribution in [2.45, 2.75) is 58.5 Å². The summed E-state index contributed by atoms with van der Waals surface area (Å²) in [4.78, 5) is 0. The van der Waals surface area contributed by atoms with E-state index >= 15 is 0 Å². The van der Waals surface area contributed by atoms with Gasteiger partial charge in [0.05, 0.1) is 32.5 Å². The molecule has 1 N–H and O–H groups in total. The molecule has 3 nitrogen and oxygen atoms in total. The lowest BCUT2D eigenvalue weighted by Crippen LogP contribution is -2.16. The van der Waals surface area contributed by atoms with Crippen LogP contribution in [0.3, 0.4) is 0 Å². The largest absolute Gasteiger partial charge is 0.394 e. The van der Waals surface area contributed by atoms with Crippen molar-refractivity contribution in [3.05, 3.63) is 0 Å². The van der Waals surface area contributed by atoms with Gasteiger partial charge in [0, 0.05) is 0 Å². The normalized spacial score (nSPS) is 12.9. The first-order chi connectivity index (χ1) is 7.85. The maximum absolute atomic E-state index is 8.52. The van der Waals surface area contributed by atoms with Gasteiger partial charge in [-0.3, -0.25) is 0 Å². The van der Waals surface area contributed by atoms with Crippen molar-refractivity contribution in [2.24, 2.45) is 0 Å². The van der Waals surface area contributed by atoms with Crippen LogP contribution < -0.4 is 0 Å². The fourth-order valence-electron chi connectivity index (χ4n) is 1.64. The lowest BCUT2D eigenvalue weighted by Gasteiger charge is -2.15. The summed E-state index contributed by atoms with van der Waals surface area (Å²) in [6.45, 7) is 6.13. The maximum atomic E-state index is 8.52. The molecule has 0 bridgehead atoms. The number of ether oxygens (including phenoxy) is 2. The molecular weight excluding hydrogens is 204 g/mol. The summed E-state index contributed by atoms with van der Waals surface area (Å²) in [5.74, 6) is 0. The molecule has 0 aliphatic carbocycles. The van der Waals surface area contributed by atoms with Crippen LogP contribution in [0.2, 0.25) is 0 Å². The Balaban J connectivity index is 3.29. The smallest absolute Gasteiger partial charge is 0.0704 e. The Hall–Kier alpha value is -0.120. The van der Waals surface area contributed by atoms with E-state index in [2.05, 4.69) is 13.8 Å². The van der Waals surface area contributed by atoms with Crippen LogP contribution in [0.25, 0.3) is 0 Å². The molecule has 0 aromatic carbocycles. The number of aliphatic hydroxyl groups excluding tert-OH is 1. The summed E-state index contributed by atoms with van der Waals surface area (Å²) in [5, 5.41) is 8.52. The Kier molecular flexibility index (Phi) is 12.9. The summed E-state index contributed by atoms with van der Waals surface area (Å²) >= 11 is 0. The van der Waals surface area contributed by atoms with Gasteiger partial charge in [-0.15, -0.1) is 0 Å². The Morgan fingerprint density at radius 1 is 1.00 bits per heavy atom. The molecule has 0 aromatic rings. The third-order valence-electron chi connectivity index (χ3n) is 2.65. The SMILES string of the molecule is CCCCCCC(CC)OCCOCCO. The monoisotopic (exact) mass is 232 g/mol. The molecule has 0 aliphatic heterocycles. The maximum Gasteiger partial charge on any atom is 0.0704 e. The van der Waals surface area contributed by atoms with Crippen LogP contribution in [0.15, 0.2) is 0 Å². The number of rotatable bonds is 12. The van der Waals surface area contributed by atoms with Crippen LogP contribution in [0.4, 0.5) is 0 Å². The van der Waals surface area contributed by atoms with Gasteiger partial charge in [0.25, 0.3) is 0 Å². The lowest BCUT2D eigenvalue weighted by molar-refractivity contribution is -0.00741. The molecule has 0 fully saturated rings. The molecule has 0 saturated heterocycles. The van der Waals surface area contributed by atoms with E-state index in [1.165, 1.54) is 25.7 Å². The van der Waals surface area contributed by atoms with E-state index in [1.54, 1.807) is 0 Å². The van der Waals surface area contributed by atoms with Crippen molar-refractivity contribution < 1.29 is 14.6 Å². The zero-order valence-electron chi connectivity index (χ0n) is 10.9. The van der Waals surface area contributed by atoms with Crippen LogP contribution in [0.5, 0.6) is 0 Å². The Bertz CT molecular complexity index is 128. The van der Waals surface area contributed by atoms with Crippen LogP contribution >= 0.6 is 0 Å². The van der Waals surface area contributed by atoms with Gasteiger partial charge < -0.3 is 14.6 Å². The molecule has 16 heavy (non-hydrogen) atoms. The number of aliphatic hydroxyl groups is 1. The highest BCUT2D eigenvalue weighted by Gasteiger charge is 2.05. The molecule has 0 amide bonds. The van der Waals surface area contributed by atoms with E-state index in [0.29, 0.717) is 25.9 Å². The number of hydrogen-bond acceptors (Lipinski definition) is 3. The van der Waals surface area contributed by atoms with Crippen molar-refractivity contribution in [3.63, 3.8) is 0 Å². The van der Waals surface area contributed by atoms with E-state index in [4.69, 9.17) is 14.6 Å². The molecule has 3 heteroatoms. The van der Waals surface area contributed by atoms with Gasteiger partial charge in [0.1, 0.15) is 0 Å². The van der Waals surface area contributed by atoms with Crippen LogP contribution in [-0.4, -0.2) is 37.6 Å². The minimum absolute atomic E-state index is 0.0915. The number of unbranched alkanes of at least 4 members (excludes halogenated alkanes) is 3. The lowest BCUT2D eigenvalue weighted by atomic mass is 10.1. The van der Waals surface area contributed by atoms with Gasteiger partial charge in [-0.25, -0.2) is 0 Å². The summed E-state index contributed by atoms with van der Waals surface area (Å²) in [7, 11) is 0. The van der Waals surface area contributed by atoms with Crippen molar-refractivity contribution in [2.75, 3.05) is 26.4 Å². The quantitative estimate of drug-likeness (QED) is 0.526. The molecule has 0 radical (unpaired) electrons. The molecule has 0 heterocycles. The van der Waals surface area contributed by atoms with E-state index in [1.807, 2.05) is 0 Å². The molecule has 0 spiro atoms. The van der Waals surface area contributed by atoms with Gasteiger partial charge in [0.15, 0.2) is 0 Å². The second-order valence-electron chi connectivity index (χ2n) is 4.09. The molecule has 1 atom stereocenters. The third kappa shape index (κ3) is 10.4. The first-order valence-electron chi connectivity index (χ1n) is 6.65. The molecule has 0 rings (SSSR count). The molecule has 98 valence electrons. The highest BCUT2D eigenvalue weighted by Crippen LogP contribution is 2.10. The summed E-state index contributed by atoms with van der Waals surface area (Å²) in [6.07, 6.45) is 7.82. The van der Waals surface area contributed by atoms with E-state index in [9.17, 15) is 0 Å². The molecule has 0 aromatic heterocycles. The van der Waals surface area contributed by atoms with Crippen molar-refractivity contribution in [1.29, 1.82) is 0 Å². The summed E-state index contributed by atoms with van der Waals surface area (Å²) in [5.41, 5.74) is 0. The van der Waals surface area contributed by atoms with Gasteiger partial charge in [-0.1, -0.05) is 39.5 Å². The minimum Gasteiger partial charge on any atom is -0.394 e. The zero-order chi connectivity index (χ0) is 12.1. The highest BCUT2D eigenvalue weighted by molar-refractivity contribution is 4.56. The molecule has 0 aliphatic rings. The predicted octanol–water partition coefficient (Wildman–Crippen LogP) is 2.76. The van der Waals surface area contributed by atoms with E-state index in [0.717, 1.165) is 12.8 Å². The molecule has 1 unspecified atom stereocenters. The second-order valence-corrected chi connectivity index (χ2v) is 4.09. The van der Waals surface area contributed by atoms with Crippen molar-refractivity contribution in [3.8, 4) is 0 Å². The Labute approximate surface area is 100 Å². The highest BCUT2D eigenvalue weighted by atomic mass is 16.5. The van der Waals surface area contributed by atoms with Crippen molar-refractivity contribution in [1.82, 2.24) is 0 Å². The minimum atomic E-state index is 0.0915. The van der Waals surface area contributed by atoms with Gasteiger partial charge >= 0.3 is 0 Å². The first-order valence-corrected chi connectivity index (χ1v) is 6.65. The van der Waals surface area contributed by atoms with Crippen LogP contribution in [0.1, 0.15) is 52.4 Å². The first kappa shape index (κ1) is 15.9. The standard InChI is InChI=1S/C13H28O3/c1-3-5-6-7-8-13(4-2)16-12-11-15-10-9-14/h13-14H,3-12H2,1-2H3. The third-order valence-corrected chi connectivity index (χ3v) is 2.65. The van der Waals surface area contributed by atoms with Crippen LogP contribution in [0, 0.1) is 0 Å². The second kappa shape index (κ2) is 12.9. The van der Waals surface area contributed by atoms with Gasteiger partial charge in [-0.05, 0) is 12.8 Å². The van der Waals surface area contributed by atoms with E-state index in [-0.39, 0.29) is 6.61 Å². The fourth-order valence-corrected chi connectivity index (χ4v) is 1.64. The van der Waals surface area contributed by atoms with Crippen molar-refractivity contribution >= 4 is 0 Å². The average Bonchev–Trinajstić information content (AvgIpc) is 2.31. The molecule has 0 saturated carbocycles. The average molecular weight is 232 g/mol. The summed E-state index contributed by atoms with van der Waals surface area (Å²) in [6, 6.07) is 0. The predicted molar refractivity (Wildman–Crippen MR) is 66.7 cm³/mol. The fraction of sp³-hybridized carbons (Fsp3) is 1.00. The number of hydrogen-bond donors (Lipinski definition) is 1. The van der Waals surface area contributed by atoms with Crippen LogP contribution in [-0.2, 0) is 9.47 Å². The van der Waals surface area contributed by atoms with Gasteiger partial charge in [0.2, 0.25) is 0 Å². The molecular formula is C13H28O3. The Morgan fingerprint density at radius 2 is 1.81 bits per heavy atom.